The molecule has 3 heteroatoms. The van der Waals surface area contributed by atoms with Gasteiger partial charge in [0.15, 0.2) is 0 Å². The maximum Gasteiger partial charge on any atom is 0.146 e. The molecule has 1 aliphatic rings. The molecular weight excluding hydrogens is 215 g/mol. The van der Waals surface area contributed by atoms with Crippen molar-refractivity contribution in [1.82, 2.24) is 0 Å². The molecule has 1 aromatic rings. The Balaban J connectivity index is 2.24. The Morgan fingerprint density at radius 2 is 2.18 bits per heavy atom. The van der Waals surface area contributed by atoms with Crippen molar-refractivity contribution in [3.63, 3.8) is 0 Å². The first-order chi connectivity index (χ1) is 8.13. The Morgan fingerprint density at radius 1 is 1.47 bits per heavy atom. The fourth-order valence-corrected chi connectivity index (χ4v) is 2.17. The van der Waals surface area contributed by atoms with Gasteiger partial charge in [-0.1, -0.05) is 13.0 Å². The van der Waals surface area contributed by atoms with Crippen LogP contribution in [0.1, 0.15) is 44.7 Å². The average Bonchev–Trinajstić information content (AvgIpc) is 3.10. The molecule has 1 unspecified atom stereocenters. The van der Waals surface area contributed by atoms with Gasteiger partial charge in [-0.3, -0.25) is 0 Å². The molecule has 0 spiro atoms. The smallest absolute Gasteiger partial charge is 0.146 e. The molecule has 1 saturated carbocycles. The predicted molar refractivity (Wildman–Crippen MR) is 69.7 cm³/mol. The van der Waals surface area contributed by atoms with Crippen LogP contribution in [0.15, 0.2) is 18.2 Å². The highest BCUT2D eigenvalue weighted by Crippen LogP contribution is 2.33. The fraction of sp³-hybridized carbons (Fsp3) is 0.571. The third-order valence-electron chi connectivity index (χ3n) is 3.26. The molecule has 1 aliphatic carbocycles. The Morgan fingerprint density at radius 3 is 2.65 bits per heavy atom. The largest absolute Gasteiger partial charge is 0.366 e. The minimum atomic E-state index is -0.139. The summed E-state index contributed by atoms with van der Waals surface area (Å²) in [7, 11) is 0. The quantitative estimate of drug-likeness (QED) is 0.850. The standard InChI is InChI=1S/C14H21FN2/c1-3-8-17(12-5-6-12)14-7-4-11(10(2)16)9-13(14)15/h4,7,9-10,12H,3,5-6,8,16H2,1-2H3. The van der Waals surface area contributed by atoms with E-state index in [1.165, 1.54) is 12.8 Å². The van der Waals surface area contributed by atoms with Gasteiger partial charge in [-0.25, -0.2) is 4.39 Å². The maximum atomic E-state index is 14.1. The Labute approximate surface area is 103 Å². The van der Waals surface area contributed by atoms with E-state index in [1.807, 2.05) is 19.1 Å². The van der Waals surface area contributed by atoms with E-state index in [4.69, 9.17) is 5.73 Å². The first-order valence-electron chi connectivity index (χ1n) is 6.45. The Bertz CT molecular complexity index is 386. The highest BCUT2D eigenvalue weighted by atomic mass is 19.1. The average molecular weight is 236 g/mol. The van der Waals surface area contributed by atoms with E-state index in [-0.39, 0.29) is 11.9 Å². The van der Waals surface area contributed by atoms with Gasteiger partial charge < -0.3 is 10.6 Å². The van der Waals surface area contributed by atoms with Crippen LogP contribution >= 0.6 is 0 Å². The van der Waals surface area contributed by atoms with Gasteiger partial charge in [0.25, 0.3) is 0 Å². The van der Waals surface area contributed by atoms with E-state index in [0.29, 0.717) is 6.04 Å². The van der Waals surface area contributed by atoms with Crippen LogP contribution in [0.5, 0.6) is 0 Å². The Hall–Kier alpha value is -1.09. The minimum absolute atomic E-state index is 0.112. The van der Waals surface area contributed by atoms with E-state index in [0.717, 1.165) is 24.2 Å². The molecule has 1 atom stereocenters. The number of nitrogens with zero attached hydrogens (tertiary/aromatic N) is 1. The highest BCUT2D eigenvalue weighted by molar-refractivity contribution is 5.51. The first kappa shape index (κ1) is 12.4. The van der Waals surface area contributed by atoms with Gasteiger partial charge >= 0.3 is 0 Å². The number of anilines is 1. The second kappa shape index (κ2) is 5.05. The number of nitrogens with two attached hydrogens (primary N) is 1. The van der Waals surface area contributed by atoms with Crippen LogP contribution in [0.3, 0.4) is 0 Å². The van der Waals surface area contributed by atoms with Gasteiger partial charge in [-0.05, 0) is 43.9 Å². The van der Waals surface area contributed by atoms with Crippen molar-refractivity contribution in [2.24, 2.45) is 5.73 Å². The number of halogens is 1. The zero-order valence-corrected chi connectivity index (χ0v) is 10.6. The lowest BCUT2D eigenvalue weighted by atomic mass is 10.1. The van der Waals surface area contributed by atoms with Crippen molar-refractivity contribution < 1.29 is 4.39 Å². The van der Waals surface area contributed by atoms with Crippen molar-refractivity contribution in [2.45, 2.75) is 45.2 Å². The fourth-order valence-electron chi connectivity index (χ4n) is 2.17. The monoisotopic (exact) mass is 236 g/mol. The lowest BCUT2D eigenvalue weighted by molar-refractivity contribution is 0.609. The summed E-state index contributed by atoms with van der Waals surface area (Å²) in [5.74, 6) is -0.139. The summed E-state index contributed by atoms with van der Waals surface area (Å²) in [5.41, 5.74) is 7.35. The molecule has 0 heterocycles. The molecule has 0 radical (unpaired) electrons. The molecule has 2 N–H and O–H groups in total. The van der Waals surface area contributed by atoms with E-state index in [2.05, 4.69) is 11.8 Å². The van der Waals surface area contributed by atoms with Crippen molar-refractivity contribution in [1.29, 1.82) is 0 Å². The predicted octanol–water partition coefficient (Wildman–Crippen LogP) is 3.22. The number of hydrogen-bond acceptors (Lipinski definition) is 2. The van der Waals surface area contributed by atoms with Crippen molar-refractivity contribution >= 4 is 5.69 Å². The van der Waals surface area contributed by atoms with Gasteiger partial charge in [0, 0.05) is 18.6 Å². The molecule has 1 fully saturated rings. The number of rotatable bonds is 5. The van der Waals surface area contributed by atoms with Gasteiger partial charge in [-0.15, -0.1) is 0 Å². The molecule has 94 valence electrons. The van der Waals surface area contributed by atoms with Crippen molar-refractivity contribution in [3.8, 4) is 0 Å². The van der Waals surface area contributed by atoms with Crippen LogP contribution in [0.2, 0.25) is 0 Å². The van der Waals surface area contributed by atoms with Gasteiger partial charge in [0.2, 0.25) is 0 Å². The summed E-state index contributed by atoms with van der Waals surface area (Å²) >= 11 is 0. The van der Waals surface area contributed by atoms with Crippen LogP contribution in [0.4, 0.5) is 10.1 Å². The van der Waals surface area contributed by atoms with Crippen LogP contribution < -0.4 is 10.6 Å². The Kier molecular flexibility index (Phi) is 3.67. The van der Waals surface area contributed by atoms with Crippen LogP contribution in [-0.2, 0) is 0 Å². The molecule has 0 aromatic heterocycles. The molecule has 17 heavy (non-hydrogen) atoms. The number of benzene rings is 1. The van der Waals surface area contributed by atoms with Crippen LogP contribution in [-0.4, -0.2) is 12.6 Å². The van der Waals surface area contributed by atoms with Crippen molar-refractivity contribution in [3.05, 3.63) is 29.6 Å². The van der Waals surface area contributed by atoms with Gasteiger partial charge in [0.1, 0.15) is 5.82 Å². The molecule has 2 rings (SSSR count). The van der Waals surface area contributed by atoms with Gasteiger partial charge in [0.05, 0.1) is 5.69 Å². The van der Waals surface area contributed by atoms with E-state index < -0.39 is 0 Å². The summed E-state index contributed by atoms with van der Waals surface area (Å²) in [6.45, 7) is 4.93. The molecule has 0 saturated heterocycles. The minimum Gasteiger partial charge on any atom is -0.366 e. The zero-order valence-electron chi connectivity index (χ0n) is 10.6. The third-order valence-corrected chi connectivity index (χ3v) is 3.26. The van der Waals surface area contributed by atoms with Crippen molar-refractivity contribution in [2.75, 3.05) is 11.4 Å². The van der Waals surface area contributed by atoms with Crippen LogP contribution in [0.25, 0.3) is 0 Å². The summed E-state index contributed by atoms with van der Waals surface area (Å²) in [5, 5.41) is 0. The SMILES string of the molecule is CCCN(c1ccc(C(C)N)cc1F)C1CC1. The van der Waals surface area contributed by atoms with E-state index in [1.54, 1.807) is 6.07 Å². The first-order valence-corrected chi connectivity index (χ1v) is 6.45. The van der Waals surface area contributed by atoms with Gasteiger partial charge in [-0.2, -0.15) is 0 Å². The summed E-state index contributed by atoms with van der Waals surface area (Å²) in [4.78, 5) is 2.19. The lowest BCUT2D eigenvalue weighted by Crippen LogP contribution is -2.27. The molecule has 1 aromatic carbocycles. The molecule has 0 bridgehead atoms. The zero-order chi connectivity index (χ0) is 12.4. The lowest BCUT2D eigenvalue weighted by Gasteiger charge is -2.25. The maximum absolute atomic E-state index is 14.1. The molecular formula is C14H21FN2. The third kappa shape index (κ3) is 2.78. The summed E-state index contributed by atoms with van der Waals surface area (Å²) in [6.07, 6.45) is 3.42. The second-order valence-corrected chi connectivity index (χ2v) is 4.92. The van der Waals surface area contributed by atoms with E-state index in [9.17, 15) is 4.39 Å². The topological polar surface area (TPSA) is 29.3 Å². The highest BCUT2D eigenvalue weighted by Gasteiger charge is 2.30. The number of hydrogen-bond donors (Lipinski definition) is 1. The summed E-state index contributed by atoms with van der Waals surface area (Å²) in [6, 6.07) is 5.82. The molecule has 0 aliphatic heterocycles. The summed E-state index contributed by atoms with van der Waals surface area (Å²) < 4.78 is 14.1. The normalized spacial score (nSPS) is 16.9. The molecule has 2 nitrogen and oxygen atoms in total. The van der Waals surface area contributed by atoms with Crippen LogP contribution in [0, 0.1) is 5.82 Å². The van der Waals surface area contributed by atoms with E-state index >= 15 is 0 Å². The molecule has 0 amide bonds. The second-order valence-electron chi connectivity index (χ2n) is 4.92.